The normalized spacial score (nSPS) is 10.6. The van der Waals surface area contributed by atoms with E-state index in [9.17, 15) is 18.4 Å². The minimum atomic E-state index is -0.447. The Hall–Kier alpha value is -4.05. The second kappa shape index (κ2) is 9.61. The molecule has 0 spiro atoms. The topological polar surface area (TPSA) is 89.6 Å². The Bertz CT molecular complexity index is 1330. The molecule has 0 radical (unpaired) electrons. The number of aromatic nitrogens is 1. The van der Waals surface area contributed by atoms with Crippen molar-refractivity contribution in [3.63, 3.8) is 0 Å². The Kier molecular flexibility index (Phi) is 6.45. The number of fused-ring (bicyclic) bond motifs is 1. The summed E-state index contributed by atoms with van der Waals surface area (Å²) in [6, 6.07) is 14.0. The Morgan fingerprint density at radius 1 is 0.939 bits per heavy atom. The van der Waals surface area contributed by atoms with Crippen molar-refractivity contribution in [2.45, 2.75) is 0 Å². The van der Waals surface area contributed by atoms with E-state index in [1.165, 1.54) is 67.8 Å². The molecule has 4 rings (SSSR count). The van der Waals surface area contributed by atoms with Gasteiger partial charge >= 0.3 is 0 Å². The monoisotopic (exact) mass is 469 g/mol. The van der Waals surface area contributed by atoms with Gasteiger partial charge in [-0.05, 0) is 60.7 Å². The standard InChI is InChI=1S/C23H17F2N3O4S/c1-31-19-10-13(22(30)28-23-27-17-8-5-15(25)11-20(17)33-23)2-9-18(19)32-12-21(29)26-16-6-3-14(24)4-7-16/h2-11H,12H2,1H3,(H,26,29)(H,27,28,30). The largest absolute Gasteiger partial charge is 0.493 e. The number of rotatable bonds is 7. The zero-order valence-electron chi connectivity index (χ0n) is 17.2. The highest BCUT2D eigenvalue weighted by Crippen LogP contribution is 2.30. The van der Waals surface area contributed by atoms with E-state index in [0.717, 1.165) is 11.3 Å². The summed E-state index contributed by atoms with van der Waals surface area (Å²) in [5.74, 6) is -1.15. The van der Waals surface area contributed by atoms with E-state index in [1.54, 1.807) is 0 Å². The molecular weight excluding hydrogens is 452 g/mol. The summed E-state index contributed by atoms with van der Waals surface area (Å²) < 4.78 is 37.7. The Morgan fingerprint density at radius 3 is 2.45 bits per heavy atom. The van der Waals surface area contributed by atoms with Gasteiger partial charge < -0.3 is 14.8 Å². The number of nitrogens with zero attached hydrogens (tertiary/aromatic N) is 1. The number of thiazole rings is 1. The van der Waals surface area contributed by atoms with Gasteiger partial charge in [0.05, 0.1) is 17.3 Å². The van der Waals surface area contributed by atoms with E-state index in [4.69, 9.17) is 9.47 Å². The predicted octanol–water partition coefficient (Wildman–Crippen LogP) is 4.85. The van der Waals surface area contributed by atoms with Crippen LogP contribution >= 0.6 is 11.3 Å². The maximum atomic E-state index is 13.4. The molecular formula is C23H17F2N3O4S. The Labute approximate surface area is 191 Å². The van der Waals surface area contributed by atoms with Crippen molar-refractivity contribution in [2.75, 3.05) is 24.4 Å². The van der Waals surface area contributed by atoms with Crippen molar-refractivity contribution < 1.29 is 27.8 Å². The zero-order chi connectivity index (χ0) is 23.4. The third-order valence-electron chi connectivity index (χ3n) is 4.48. The second-order valence-electron chi connectivity index (χ2n) is 6.79. The van der Waals surface area contributed by atoms with Crippen LogP contribution in [0.25, 0.3) is 10.2 Å². The van der Waals surface area contributed by atoms with Gasteiger partial charge in [-0.15, -0.1) is 0 Å². The van der Waals surface area contributed by atoms with Crippen LogP contribution in [-0.2, 0) is 4.79 Å². The summed E-state index contributed by atoms with van der Waals surface area (Å²) in [6.45, 7) is -0.318. The summed E-state index contributed by atoms with van der Waals surface area (Å²) in [5.41, 5.74) is 1.29. The number of carbonyl (C=O) groups is 2. The van der Waals surface area contributed by atoms with Crippen LogP contribution in [-0.4, -0.2) is 30.5 Å². The maximum Gasteiger partial charge on any atom is 0.262 e. The number of ether oxygens (including phenoxy) is 2. The van der Waals surface area contributed by atoms with Gasteiger partial charge in [0.25, 0.3) is 11.8 Å². The molecule has 2 N–H and O–H groups in total. The van der Waals surface area contributed by atoms with E-state index in [-0.39, 0.29) is 29.5 Å². The molecule has 0 fully saturated rings. The first kappa shape index (κ1) is 22.2. The van der Waals surface area contributed by atoms with E-state index in [2.05, 4.69) is 15.6 Å². The highest BCUT2D eigenvalue weighted by molar-refractivity contribution is 7.22. The van der Waals surface area contributed by atoms with Crippen LogP contribution in [0.1, 0.15) is 10.4 Å². The molecule has 0 aliphatic carbocycles. The van der Waals surface area contributed by atoms with Crippen molar-refractivity contribution >= 4 is 44.2 Å². The Morgan fingerprint density at radius 2 is 1.70 bits per heavy atom. The summed E-state index contributed by atoms with van der Waals surface area (Å²) in [6.07, 6.45) is 0. The third-order valence-corrected chi connectivity index (χ3v) is 5.42. The lowest BCUT2D eigenvalue weighted by Gasteiger charge is -2.12. The lowest BCUT2D eigenvalue weighted by atomic mass is 10.2. The molecule has 0 aliphatic heterocycles. The molecule has 2 amide bonds. The van der Waals surface area contributed by atoms with Crippen molar-refractivity contribution in [1.82, 2.24) is 4.98 Å². The molecule has 33 heavy (non-hydrogen) atoms. The number of amides is 2. The van der Waals surface area contributed by atoms with E-state index in [1.807, 2.05) is 0 Å². The molecule has 0 saturated carbocycles. The van der Waals surface area contributed by atoms with Crippen LogP contribution in [0.2, 0.25) is 0 Å². The van der Waals surface area contributed by atoms with Gasteiger partial charge in [0.2, 0.25) is 0 Å². The van der Waals surface area contributed by atoms with Crippen molar-refractivity contribution in [1.29, 1.82) is 0 Å². The molecule has 3 aromatic carbocycles. The van der Waals surface area contributed by atoms with E-state index < -0.39 is 17.6 Å². The molecule has 0 bridgehead atoms. The van der Waals surface area contributed by atoms with Crippen LogP contribution < -0.4 is 20.1 Å². The molecule has 0 unspecified atom stereocenters. The average molecular weight is 469 g/mol. The number of anilines is 2. The minimum absolute atomic E-state index is 0.253. The van der Waals surface area contributed by atoms with Crippen LogP contribution in [0.5, 0.6) is 11.5 Å². The van der Waals surface area contributed by atoms with Crippen molar-refractivity contribution in [2.24, 2.45) is 0 Å². The zero-order valence-corrected chi connectivity index (χ0v) is 18.0. The van der Waals surface area contributed by atoms with Gasteiger partial charge in [-0.1, -0.05) is 11.3 Å². The number of nitrogens with one attached hydrogen (secondary N) is 2. The number of carbonyl (C=O) groups excluding carboxylic acids is 2. The van der Waals surface area contributed by atoms with Crippen LogP contribution in [0.4, 0.5) is 19.6 Å². The van der Waals surface area contributed by atoms with Gasteiger partial charge in [0, 0.05) is 11.3 Å². The highest BCUT2D eigenvalue weighted by Gasteiger charge is 2.15. The highest BCUT2D eigenvalue weighted by atomic mass is 32.1. The number of halogens is 2. The maximum absolute atomic E-state index is 13.4. The lowest BCUT2D eigenvalue weighted by molar-refractivity contribution is -0.118. The summed E-state index contributed by atoms with van der Waals surface area (Å²) in [4.78, 5) is 29.0. The summed E-state index contributed by atoms with van der Waals surface area (Å²) >= 11 is 1.16. The minimum Gasteiger partial charge on any atom is -0.493 e. The fourth-order valence-corrected chi connectivity index (χ4v) is 3.81. The summed E-state index contributed by atoms with van der Waals surface area (Å²) in [7, 11) is 1.41. The second-order valence-corrected chi connectivity index (χ2v) is 7.83. The SMILES string of the molecule is COc1cc(C(=O)Nc2nc3ccc(F)cc3s2)ccc1OCC(=O)Nc1ccc(F)cc1. The number of benzene rings is 3. The van der Waals surface area contributed by atoms with Crippen LogP contribution in [0, 0.1) is 11.6 Å². The first-order chi connectivity index (χ1) is 15.9. The van der Waals surface area contributed by atoms with E-state index in [0.29, 0.717) is 21.0 Å². The quantitative estimate of drug-likeness (QED) is 0.404. The smallest absolute Gasteiger partial charge is 0.262 e. The fourth-order valence-electron chi connectivity index (χ4n) is 2.92. The number of methoxy groups -OCH3 is 1. The van der Waals surface area contributed by atoms with Gasteiger partial charge in [-0.3, -0.25) is 14.9 Å². The van der Waals surface area contributed by atoms with Gasteiger partial charge in [0.1, 0.15) is 11.6 Å². The van der Waals surface area contributed by atoms with E-state index >= 15 is 0 Å². The first-order valence-electron chi connectivity index (χ1n) is 9.65. The molecule has 1 aromatic heterocycles. The predicted molar refractivity (Wildman–Crippen MR) is 121 cm³/mol. The molecule has 4 aromatic rings. The molecule has 10 heteroatoms. The number of hydrogen-bond donors (Lipinski definition) is 2. The van der Waals surface area contributed by atoms with Gasteiger partial charge in [0.15, 0.2) is 23.2 Å². The third kappa shape index (κ3) is 5.42. The molecule has 0 saturated heterocycles. The molecule has 7 nitrogen and oxygen atoms in total. The van der Waals surface area contributed by atoms with Crippen molar-refractivity contribution in [3.8, 4) is 11.5 Å². The molecule has 168 valence electrons. The molecule has 1 heterocycles. The van der Waals surface area contributed by atoms with Gasteiger partial charge in [-0.25, -0.2) is 13.8 Å². The van der Waals surface area contributed by atoms with Crippen LogP contribution in [0.3, 0.4) is 0 Å². The van der Waals surface area contributed by atoms with Crippen LogP contribution in [0.15, 0.2) is 60.7 Å². The molecule has 0 aliphatic rings. The average Bonchev–Trinajstić information content (AvgIpc) is 3.20. The Balaban J connectivity index is 1.40. The summed E-state index contributed by atoms with van der Waals surface area (Å²) in [5, 5.41) is 5.59. The first-order valence-corrected chi connectivity index (χ1v) is 10.5. The fraction of sp³-hybridized carbons (Fsp3) is 0.0870. The lowest BCUT2D eigenvalue weighted by Crippen LogP contribution is -2.20. The van der Waals surface area contributed by atoms with Gasteiger partial charge in [-0.2, -0.15) is 0 Å². The molecule has 0 atom stereocenters. The van der Waals surface area contributed by atoms with Crippen molar-refractivity contribution in [3.05, 3.63) is 77.9 Å². The number of hydrogen-bond acceptors (Lipinski definition) is 6.